The van der Waals surface area contributed by atoms with Crippen molar-refractivity contribution in [1.82, 2.24) is 9.55 Å². The van der Waals surface area contributed by atoms with Crippen LogP contribution in [0, 0.1) is 25.2 Å². The van der Waals surface area contributed by atoms with Crippen molar-refractivity contribution in [2.45, 2.75) is 20.5 Å². The van der Waals surface area contributed by atoms with E-state index in [4.69, 9.17) is 4.74 Å². The second-order valence-electron chi connectivity index (χ2n) is 6.14. The average molecular weight is 347 g/mol. The lowest BCUT2D eigenvalue weighted by Crippen LogP contribution is -2.03. The van der Waals surface area contributed by atoms with Crippen molar-refractivity contribution in [2.24, 2.45) is 12.1 Å². The first-order valence-electron chi connectivity index (χ1n) is 8.29. The Morgan fingerprint density at radius 2 is 2.12 bits per heavy atom. The second-order valence-corrected chi connectivity index (χ2v) is 6.14. The number of anilines is 1. The minimum absolute atomic E-state index is 0.354. The van der Waals surface area contributed by atoms with Gasteiger partial charge in [0.1, 0.15) is 11.6 Å². The first kappa shape index (κ1) is 17.6. The molecule has 0 saturated heterocycles. The number of aryl methyl sites for hydroxylation is 2. The molecule has 2 heterocycles. The summed E-state index contributed by atoms with van der Waals surface area (Å²) >= 11 is 0. The third-order valence-corrected chi connectivity index (χ3v) is 4.45. The topological polar surface area (TPSA) is 75.2 Å². The van der Waals surface area contributed by atoms with E-state index in [2.05, 4.69) is 45.2 Å². The van der Waals surface area contributed by atoms with Crippen LogP contribution in [0.1, 0.15) is 28.1 Å². The van der Waals surface area contributed by atoms with Gasteiger partial charge in [-0.25, -0.2) is 4.98 Å². The number of rotatable bonds is 5. The standard InChI is InChI=1S/C20H21N5O/c1-13-9-15(12-26-4)17(10-21)20(23-13)24-22-11-18-14(2)25(3)19-8-6-5-7-16(18)19/h5-9,11H,12H2,1-4H3,(H,23,24). The van der Waals surface area contributed by atoms with Crippen molar-refractivity contribution in [3.8, 4) is 6.07 Å². The molecular weight excluding hydrogens is 326 g/mol. The van der Waals surface area contributed by atoms with Crippen LogP contribution in [0.5, 0.6) is 0 Å². The molecule has 0 aliphatic carbocycles. The van der Waals surface area contributed by atoms with Gasteiger partial charge in [0.05, 0.1) is 12.8 Å². The van der Waals surface area contributed by atoms with Crippen LogP contribution in [0.4, 0.5) is 5.82 Å². The van der Waals surface area contributed by atoms with E-state index in [1.165, 1.54) is 0 Å². The van der Waals surface area contributed by atoms with Crippen molar-refractivity contribution in [3.05, 3.63) is 58.4 Å². The fourth-order valence-corrected chi connectivity index (χ4v) is 3.09. The number of hydrazone groups is 1. The normalized spacial score (nSPS) is 11.2. The van der Waals surface area contributed by atoms with Crippen LogP contribution in [-0.4, -0.2) is 22.9 Å². The number of aromatic nitrogens is 2. The van der Waals surface area contributed by atoms with Crippen LogP contribution in [-0.2, 0) is 18.4 Å². The molecule has 1 aromatic carbocycles. The van der Waals surface area contributed by atoms with Crippen molar-refractivity contribution in [2.75, 3.05) is 12.5 Å². The molecular formula is C20H21N5O. The number of pyridine rings is 1. The molecule has 6 nitrogen and oxygen atoms in total. The van der Waals surface area contributed by atoms with Crippen molar-refractivity contribution < 1.29 is 4.74 Å². The van der Waals surface area contributed by atoms with Crippen molar-refractivity contribution >= 4 is 22.9 Å². The SMILES string of the molecule is COCc1cc(C)nc(NN=Cc2c(C)n(C)c3ccccc23)c1C#N. The molecule has 3 rings (SSSR count). The Labute approximate surface area is 152 Å². The number of fused-ring (bicyclic) bond motifs is 1. The summed E-state index contributed by atoms with van der Waals surface area (Å²) in [5.74, 6) is 0.439. The molecule has 0 atom stereocenters. The number of nitrogens with zero attached hydrogens (tertiary/aromatic N) is 4. The summed E-state index contributed by atoms with van der Waals surface area (Å²) < 4.78 is 7.31. The number of nitriles is 1. The molecule has 0 saturated carbocycles. The molecule has 6 heteroatoms. The van der Waals surface area contributed by atoms with Gasteiger partial charge in [0.15, 0.2) is 5.82 Å². The number of hydrogen-bond donors (Lipinski definition) is 1. The van der Waals surface area contributed by atoms with E-state index in [-0.39, 0.29) is 0 Å². The summed E-state index contributed by atoms with van der Waals surface area (Å²) in [5, 5.41) is 15.0. The van der Waals surface area contributed by atoms with Crippen LogP contribution in [0.2, 0.25) is 0 Å². The van der Waals surface area contributed by atoms with E-state index in [1.54, 1.807) is 13.3 Å². The molecule has 1 N–H and O–H groups in total. The maximum atomic E-state index is 9.48. The van der Waals surface area contributed by atoms with Gasteiger partial charge in [-0.15, -0.1) is 0 Å². The van der Waals surface area contributed by atoms with Gasteiger partial charge in [0.2, 0.25) is 0 Å². The third kappa shape index (κ3) is 3.17. The highest BCUT2D eigenvalue weighted by molar-refractivity contribution is 6.01. The highest BCUT2D eigenvalue weighted by Gasteiger charge is 2.12. The first-order valence-corrected chi connectivity index (χ1v) is 8.29. The lowest BCUT2D eigenvalue weighted by atomic mass is 10.1. The third-order valence-electron chi connectivity index (χ3n) is 4.45. The lowest BCUT2D eigenvalue weighted by molar-refractivity contribution is 0.184. The van der Waals surface area contributed by atoms with Crippen molar-refractivity contribution in [1.29, 1.82) is 5.26 Å². The monoisotopic (exact) mass is 347 g/mol. The molecule has 2 aromatic heterocycles. The van der Waals surface area contributed by atoms with Gasteiger partial charge in [-0.1, -0.05) is 18.2 Å². The number of methoxy groups -OCH3 is 1. The fourth-order valence-electron chi connectivity index (χ4n) is 3.09. The quantitative estimate of drug-likeness (QED) is 0.564. The average Bonchev–Trinajstić information content (AvgIpc) is 2.87. The van der Waals surface area contributed by atoms with Crippen LogP contribution < -0.4 is 5.43 Å². The Morgan fingerprint density at radius 1 is 1.35 bits per heavy atom. The van der Waals surface area contributed by atoms with Gasteiger partial charge < -0.3 is 9.30 Å². The Balaban J connectivity index is 1.95. The molecule has 0 unspecified atom stereocenters. The minimum atomic E-state index is 0.354. The number of benzene rings is 1. The number of para-hydroxylation sites is 1. The van der Waals surface area contributed by atoms with Crippen LogP contribution in [0.15, 0.2) is 35.4 Å². The van der Waals surface area contributed by atoms with Crippen LogP contribution in [0.3, 0.4) is 0 Å². The Kier molecular flexibility index (Phi) is 5.01. The smallest absolute Gasteiger partial charge is 0.164 e. The molecule has 0 radical (unpaired) electrons. The Bertz CT molecular complexity index is 1030. The molecule has 26 heavy (non-hydrogen) atoms. The summed E-state index contributed by atoms with van der Waals surface area (Å²) in [4.78, 5) is 4.40. The summed E-state index contributed by atoms with van der Waals surface area (Å²) in [7, 11) is 3.64. The zero-order valence-electron chi connectivity index (χ0n) is 15.4. The van der Waals surface area contributed by atoms with Crippen LogP contribution in [0.25, 0.3) is 10.9 Å². The molecule has 0 amide bonds. The molecule has 132 valence electrons. The molecule has 0 bridgehead atoms. The maximum Gasteiger partial charge on any atom is 0.164 e. The number of nitrogens with one attached hydrogen (secondary N) is 1. The van der Waals surface area contributed by atoms with E-state index in [1.807, 2.05) is 32.2 Å². The summed E-state index contributed by atoms with van der Waals surface area (Å²) in [6, 6.07) is 12.2. The second kappa shape index (κ2) is 7.38. The van der Waals surface area contributed by atoms with Gasteiger partial charge in [-0.3, -0.25) is 5.43 Å². The summed E-state index contributed by atoms with van der Waals surface area (Å²) in [6.45, 7) is 4.29. The molecule has 0 spiro atoms. The highest BCUT2D eigenvalue weighted by atomic mass is 16.5. The van der Waals surface area contributed by atoms with Crippen molar-refractivity contribution in [3.63, 3.8) is 0 Å². The van der Waals surface area contributed by atoms with Gasteiger partial charge in [-0.05, 0) is 26.0 Å². The molecule has 0 fully saturated rings. The van der Waals surface area contributed by atoms with E-state index in [0.717, 1.165) is 33.4 Å². The van der Waals surface area contributed by atoms with E-state index in [0.29, 0.717) is 18.0 Å². The predicted octanol–water partition coefficient (Wildman–Crippen LogP) is 3.65. The minimum Gasteiger partial charge on any atom is -0.380 e. The van der Waals surface area contributed by atoms with E-state index in [9.17, 15) is 5.26 Å². The Morgan fingerprint density at radius 3 is 2.85 bits per heavy atom. The maximum absolute atomic E-state index is 9.48. The fraction of sp³-hybridized carbons (Fsp3) is 0.250. The summed E-state index contributed by atoms with van der Waals surface area (Å²) in [5.41, 5.74) is 8.28. The highest BCUT2D eigenvalue weighted by Crippen LogP contribution is 2.23. The van der Waals surface area contributed by atoms with E-state index < -0.39 is 0 Å². The van der Waals surface area contributed by atoms with Gasteiger partial charge in [0, 0.05) is 47.6 Å². The molecule has 3 aromatic rings. The largest absolute Gasteiger partial charge is 0.380 e. The van der Waals surface area contributed by atoms with Gasteiger partial charge >= 0.3 is 0 Å². The molecule has 0 aliphatic heterocycles. The number of hydrogen-bond acceptors (Lipinski definition) is 5. The van der Waals surface area contributed by atoms with E-state index >= 15 is 0 Å². The first-order chi connectivity index (χ1) is 12.6. The zero-order chi connectivity index (χ0) is 18.7. The summed E-state index contributed by atoms with van der Waals surface area (Å²) in [6.07, 6.45) is 1.78. The van der Waals surface area contributed by atoms with Gasteiger partial charge in [0.25, 0.3) is 0 Å². The van der Waals surface area contributed by atoms with Crippen LogP contribution >= 0.6 is 0 Å². The Hall–Kier alpha value is -3.17. The lowest BCUT2D eigenvalue weighted by Gasteiger charge is -2.09. The predicted molar refractivity (Wildman–Crippen MR) is 103 cm³/mol. The number of ether oxygens (including phenoxy) is 1. The van der Waals surface area contributed by atoms with Gasteiger partial charge in [-0.2, -0.15) is 10.4 Å². The molecule has 0 aliphatic rings. The zero-order valence-corrected chi connectivity index (χ0v) is 15.4.